The van der Waals surface area contributed by atoms with Gasteiger partial charge in [-0.15, -0.1) is 0 Å². The minimum atomic E-state index is -0.721. The molecular formula is C21H20F2N2O3. The Labute approximate surface area is 161 Å². The number of benzene rings is 2. The van der Waals surface area contributed by atoms with Gasteiger partial charge in [-0.3, -0.25) is 9.59 Å². The Morgan fingerprint density at radius 3 is 2.54 bits per heavy atom. The molecule has 4 rings (SSSR count). The van der Waals surface area contributed by atoms with Crippen molar-refractivity contribution < 1.29 is 23.1 Å². The van der Waals surface area contributed by atoms with Crippen molar-refractivity contribution in [2.45, 2.75) is 18.4 Å². The minimum absolute atomic E-state index is 0.126. The molecule has 2 aliphatic rings. The van der Waals surface area contributed by atoms with Crippen LogP contribution in [0.25, 0.3) is 0 Å². The number of hydrogen-bond donors (Lipinski definition) is 0. The number of morpholine rings is 1. The van der Waals surface area contributed by atoms with Gasteiger partial charge in [0.25, 0.3) is 11.8 Å². The maximum atomic E-state index is 13.6. The highest BCUT2D eigenvalue weighted by Crippen LogP contribution is 2.32. The van der Waals surface area contributed by atoms with E-state index in [2.05, 4.69) is 0 Å². The van der Waals surface area contributed by atoms with Crippen molar-refractivity contribution in [3.63, 3.8) is 0 Å². The zero-order valence-corrected chi connectivity index (χ0v) is 15.2. The lowest BCUT2D eigenvalue weighted by molar-refractivity contribution is -0.144. The maximum absolute atomic E-state index is 13.6. The molecule has 2 heterocycles. The fraction of sp³-hybridized carbons (Fsp3) is 0.333. The smallest absolute Gasteiger partial charge is 0.254 e. The van der Waals surface area contributed by atoms with Gasteiger partial charge in [-0.1, -0.05) is 12.1 Å². The summed E-state index contributed by atoms with van der Waals surface area (Å²) in [7, 11) is 0. The van der Waals surface area contributed by atoms with E-state index in [-0.39, 0.29) is 30.5 Å². The summed E-state index contributed by atoms with van der Waals surface area (Å²) in [4.78, 5) is 28.3. The summed E-state index contributed by atoms with van der Waals surface area (Å²) in [5.74, 6) is -1.40. The molecule has 5 nitrogen and oxygen atoms in total. The number of amides is 2. The number of rotatable bonds is 2. The van der Waals surface area contributed by atoms with Crippen molar-refractivity contribution in [1.82, 2.24) is 4.90 Å². The molecule has 0 aromatic heterocycles. The Bertz CT molecular complexity index is 920. The first-order valence-corrected chi connectivity index (χ1v) is 9.21. The molecule has 28 heavy (non-hydrogen) atoms. The maximum Gasteiger partial charge on any atom is 0.254 e. The third-order valence-electron chi connectivity index (χ3n) is 5.27. The third kappa shape index (κ3) is 3.62. The van der Waals surface area contributed by atoms with Crippen molar-refractivity contribution in [3.05, 3.63) is 65.7 Å². The number of nitrogens with zero attached hydrogens (tertiary/aromatic N) is 2. The highest BCUT2D eigenvalue weighted by atomic mass is 19.1. The molecule has 1 spiro atoms. The Hall–Kier alpha value is -2.80. The van der Waals surface area contributed by atoms with E-state index in [4.69, 9.17) is 4.74 Å². The number of anilines is 1. The van der Waals surface area contributed by atoms with Crippen LogP contribution in [0.15, 0.2) is 48.5 Å². The summed E-state index contributed by atoms with van der Waals surface area (Å²) in [5.41, 5.74) is 0.0359. The number of halogens is 2. The predicted octanol–water partition coefficient (Wildman–Crippen LogP) is 3.00. The third-order valence-corrected chi connectivity index (χ3v) is 5.27. The number of carbonyl (C=O) groups excluding carboxylic acids is 2. The van der Waals surface area contributed by atoms with Crippen LogP contribution >= 0.6 is 0 Å². The standard InChI is InChI=1S/C21H20F2N2O3/c22-16-5-1-4-15(10-16)20(27)24-9-3-8-21(13-24)14-25(19(26)12-28-21)18-7-2-6-17(23)11-18/h1-2,4-7,10-11H,3,8-9,12-14H2. The molecule has 2 aromatic carbocycles. The first-order chi connectivity index (χ1) is 13.5. The van der Waals surface area contributed by atoms with E-state index in [9.17, 15) is 18.4 Å². The quantitative estimate of drug-likeness (QED) is 0.797. The summed E-state index contributed by atoms with van der Waals surface area (Å²) < 4.78 is 33.0. The average Bonchev–Trinajstić information content (AvgIpc) is 2.70. The molecule has 2 fully saturated rings. The van der Waals surface area contributed by atoms with Crippen LogP contribution in [-0.4, -0.2) is 48.6 Å². The van der Waals surface area contributed by atoms with Gasteiger partial charge in [-0.2, -0.15) is 0 Å². The fourth-order valence-corrected chi connectivity index (χ4v) is 3.92. The molecule has 0 radical (unpaired) electrons. The van der Waals surface area contributed by atoms with E-state index in [1.165, 1.54) is 35.2 Å². The normalized spacial score (nSPS) is 22.6. The Morgan fingerprint density at radius 1 is 1.04 bits per heavy atom. The number of piperidine rings is 1. The molecule has 1 atom stereocenters. The van der Waals surface area contributed by atoms with Crippen LogP contribution in [0, 0.1) is 11.6 Å². The van der Waals surface area contributed by atoms with Crippen molar-refractivity contribution in [3.8, 4) is 0 Å². The second-order valence-corrected chi connectivity index (χ2v) is 7.27. The molecule has 2 saturated heterocycles. The monoisotopic (exact) mass is 386 g/mol. The average molecular weight is 386 g/mol. The molecule has 2 aromatic rings. The van der Waals surface area contributed by atoms with E-state index in [1.54, 1.807) is 23.1 Å². The van der Waals surface area contributed by atoms with E-state index in [1.807, 2.05) is 0 Å². The van der Waals surface area contributed by atoms with Crippen molar-refractivity contribution >= 4 is 17.5 Å². The van der Waals surface area contributed by atoms with E-state index < -0.39 is 17.2 Å². The van der Waals surface area contributed by atoms with E-state index >= 15 is 0 Å². The summed E-state index contributed by atoms with van der Waals surface area (Å²) in [6, 6.07) is 11.5. The van der Waals surface area contributed by atoms with Gasteiger partial charge in [-0.05, 0) is 49.2 Å². The van der Waals surface area contributed by atoms with Crippen LogP contribution in [0.4, 0.5) is 14.5 Å². The van der Waals surface area contributed by atoms with Gasteiger partial charge in [0.05, 0.1) is 13.1 Å². The van der Waals surface area contributed by atoms with Gasteiger partial charge >= 0.3 is 0 Å². The molecule has 0 bridgehead atoms. The molecule has 7 heteroatoms. The molecule has 146 valence electrons. The fourth-order valence-electron chi connectivity index (χ4n) is 3.92. The lowest BCUT2D eigenvalue weighted by atomic mass is 9.90. The topological polar surface area (TPSA) is 49.9 Å². The summed E-state index contributed by atoms with van der Waals surface area (Å²) in [6.45, 7) is 0.941. The van der Waals surface area contributed by atoms with E-state index in [0.29, 0.717) is 31.6 Å². The van der Waals surface area contributed by atoms with Crippen molar-refractivity contribution in [2.75, 3.05) is 31.1 Å². The second kappa shape index (κ2) is 7.31. The van der Waals surface area contributed by atoms with Crippen molar-refractivity contribution in [2.24, 2.45) is 0 Å². The highest BCUT2D eigenvalue weighted by Gasteiger charge is 2.44. The Morgan fingerprint density at radius 2 is 1.79 bits per heavy atom. The van der Waals surface area contributed by atoms with Gasteiger partial charge < -0.3 is 14.5 Å². The van der Waals surface area contributed by atoms with Gasteiger partial charge in [0, 0.05) is 17.8 Å². The number of ether oxygens (including phenoxy) is 1. The van der Waals surface area contributed by atoms with Gasteiger partial charge in [0.2, 0.25) is 0 Å². The lowest BCUT2D eigenvalue weighted by Gasteiger charge is -2.47. The minimum Gasteiger partial charge on any atom is -0.361 e. The second-order valence-electron chi connectivity index (χ2n) is 7.27. The number of hydrogen-bond acceptors (Lipinski definition) is 3. The van der Waals surface area contributed by atoms with Crippen molar-refractivity contribution in [1.29, 1.82) is 0 Å². The van der Waals surface area contributed by atoms with Crippen LogP contribution in [0.3, 0.4) is 0 Å². The van der Waals surface area contributed by atoms with Crippen LogP contribution in [-0.2, 0) is 9.53 Å². The van der Waals surface area contributed by atoms with Crippen LogP contribution in [0.2, 0.25) is 0 Å². The van der Waals surface area contributed by atoms with Crippen LogP contribution < -0.4 is 4.90 Å². The van der Waals surface area contributed by atoms with Gasteiger partial charge in [-0.25, -0.2) is 8.78 Å². The number of likely N-dealkylation sites (tertiary alicyclic amines) is 1. The molecule has 1 unspecified atom stereocenters. The molecule has 0 aliphatic carbocycles. The van der Waals surface area contributed by atoms with Gasteiger partial charge in [0.1, 0.15) is 23.8 Å². The first kappa shape index (κ1) is 18.6. The Balaban J connectivity index is 1.55. The first-order valence-electron chi connectivity index (χ1n) is 9.21. The largest absolute Gasteiger partial charge is 0.361 e. The zero-order valence-electron chi connectivity index (χ0n) is 15.2. The summed E-state index contributed by atoms with van der Waals surface area (Å²) in [6.07, 6.45) is 1.38. The van der Waals surface area contributed by atoms with Gasteiger partial charge in [0.15, 0.2) is 0 Å². The Kier molecular flexibility index (Phi) is 4.85. The zero-order chi connectivity index (χ0) is 19.7. The molecule has 0 saturated carbocycles. The van der Waals surface area contributed by atoms with Crippen LogP contribution in [0.5, 0.6) is 0 Å². The molecule has 2 amide bonds. The molecule has 2 aliphatic heterocycles. The highest BCUT2D eigenvalue weighted by molar-refractivity contribution is 5.96. The van der Waals surface area contributed by atoms with E-state index in [0.717, 1.165) is 0 Å². The molecular weight excluding hydrogens is 366 g/mol. The summed E-state index contributed by atoms with van der Waals surface area (Å²) in [5, 5.41) is 0. The SMILES string of the molecule is O=C(c1cccc(F)c1)N1CCCC2(C1)CN(c1cccc(F)c1)C(=O)CO2. The number of carbonyl (C=O) groups is 2. The predicted molar refractivity (Wildman–Crippen MR) is 99.0 cm³/mol. The summed E-state index contributed by atoms with van der Waals surface area (Å²) >= 11 is 0. The molecule has 0 N–H and O–H groups in total. The lowest BCUT2D eigenvalue weighted by Crippen LogP contribution is -2.62. The van der Waals surface area contributed by atoms with Crippen LogP contribution in [0.1, 0.15) is 23.2 Å².